The second-order valence-corrected chi connectivity index (χ2v) is 7.46. The summed E-state index contributed by atoms with van der Waals surface area (Å²) in [6.45, 7) is 2.62. The number of nitrogens with zero attached hydrogens (tertiary/aromatic N) is 2. The van der Waals surface area contributed by atoms with Crippen LogP contribution in [0.25, 0.3) is 6.08 Å². The number of likely N-dealkylation sites (N-methyl/N-ethyl adjacent to an activating group) is 2. The molecule has 0 aliphatic carbocycles. The first kappa shape index (κ1) is 21.6. The quantitative estimate of drug-likeness (QED) is 0.471. The molecule has 0 unspecified atom stereocenters. The molecule has 0 N–H and O–H groups in total. The van der Waals surface area contributed by atoms with E-state index in [-0.39, 0.29) is 5.57 Å². The fourth-order valence-corrected chi connectivity index (χ4v) is 3.52. The number of benzene rings is 2. The Morgan fingerprint density at radius 3 is 2.20 bits per heavy atom. The molecule has 2 aromatic carbocycles. The third kappa shape index (κ3) is 4.38. The molecule has 0 radical (unpaired) electrons. The van der Waals surface area contributed by atoms with E-state index in [0.29, 0.717) is 34.7 Å². The van der Waals surface area contributed by atoms with Crippen LogP contribution in [0.3, 0.4) is 0 Å². The van der Waals surface area contributed by atoms with Crippen molar-refractivity contribution < 1.29 is 23.9 Å². The van der Waals surface area contributed by atoms with Crippen LogP contribution in [0, 0.1) is 0 Å². The van der Waals surface area contributed by atoms with E-state index < -0.39 is 17.8 Å². The third-order valence-corrected chi connectivity index (χ3v) is 5.10. The molecule has 30 heavy (non-hydrogen) atoms. The number of rotatable bonds is 6. The Labute approximate surface area is 183 Å². The van der Waals surface area contributed by atoms with E-state index in [2.05, 4.69) is 15.9 Å². The normalized spacial score (nSPS) is 14.3. The van der Waals surface area contributed by atoms with Crippen LogP contribution in [0.1, 0.15) is 18.1 Å². The molecule has 1 fully saturated rings. The molecular weight excluding hydrogens is 452 g/mol. The second-order valence-electron chi connectivity index (χ2n) is 6.61. The maximum Gasteiger partial charge on any atom is 0.333 e. The van der Waals surface area contributed by atoms with E-state index in [1.165, 1.54) is 20.2 Å². The van der Waals surface area contributed by atoms with Crippen LogP contribution in [0.5, 0.6) is 11.5 Å². The van der Waals surface area contributed by atoms with Crippen LogP contribution in [-0.4, -0.2) is 48.3 Å². The van der Waals surface area contributed by atoms with Crippen molar-refractivity contribution in [2.24, 2.45) is 0 Å². The largest absolute Gasteiger partial charge is 0.490 e. The average molecular weight is 473 g/mol. The van der Waals surface area contributed by atoms with Crippen molar-refractivity contribution in [1.29, 1.82) is 0 Å². The van der Waals surface area contributed by atoms with Crippen LogP contribution in [0.4, 0.5) is 4.79 Å². The van der Waals surface area contributed by atoms with Gasteiger partial charge in [0.15, 0.2) is 11.5 Å². The van der Waals surface area contributed by atoms with Gasteiger partial charge in [0, 0.05) is 14.1 Å². The van der Waals surface area contributed by atoms with Gasteiger partial charge in [-0.3, -0.25) is 19.4 Å². The number of carbonyl (C=O) groups excluding carboxylic acids is 3. The highest BCUT2D eigenvalue weighted by Crippen LogP contribution is 2.38. The highest BCUT2D eigenvalue weighted by Gasteiger charge is 2.37. The number of hydrogen-bond acceptors (Lipinski definition) is 5. The molecule has 1 aliphatic rings. The van der Waals surface area contributed by atoms with Crippen molar-refractivity contribution in [3.63, 3.8) is 0 Å². The van der Waals surface area contributed by atoms with Gasteiger partial charge in [-0.15, -0.1) is 0 Å². The zero-order valence-electron chi connectivity index (χ0n) is 16.8. The van der Waals surface area contributed by atoms with Gasteiger partial charge in [-0.2, -0.15) is 0 Å². The van der Waals surface area contributed by atoms with Gasteiger partial charge in [-0.05, 0) is 52.2 Å². The summed E-state index contributed by atoms with van der Waals surface area (Å²) >= 11 is 3.49. The number of hydrogen-bond donors (Lipinski definition) is 0. The number of carbonyl (C=O) groups is 3. The van der Waals surface area contributed by atoms with Gasteiger partial charge >= 0.3 is 6.03 Å². The first-order chi connectivity index (χ1) is 14.3. The minimum absolute atomic E-state index is 0.105. The number of barbiturate groups is 1. The van der Waals surface area contributed by atoms with E-state index in [0.717, 1.165) is 15.4 Å². The lowest BCUT2D eigenvalue weighted by Crippen LogP contribution is -2.52. The van der Waals surface area contributed by atoms with E-state index in [9.17, 15) is 14.4 Å². The molecule has 2 aromatic rings. The first-order valence-electron chi connectivity index (χ1n) is 9.28. The molecule has 1 saturated heterocycles. The number of halogens is 1. The van der Waals surface area contributed by atoms with Crippen molar-refractivity contribution in [2.75, 3.05) is 20.7 Å². The molecule has 0 aromatic heterocycles. The summed E-state index contributed by atoms with van der Waals surface area (Å²) in [5, 5.41) is 0. The van der Waals surface area contributed by atoms with Gasteiger partial charge < -0.3 is 9.47 Å². The highest BCUT2D eigenvalue weighted by atomic mass is 79.9. The Bertz CT molecular complexity index is 994. The Kier molecular flexibility index (Phi) is 6.56. The van der Waals surface area contributed by atoms with Gasteiger partial charge in [0.1, 0.15) is 12.2 Å². The molecule has 0 spiro atoms. The minimum atomic E-state index is -0.664. The second kappa shape index (κ2) is 9.13. The fourth-order valence-electron chi connectivity index (χ4n) is 2.95. The molecular formula is C22H21BrN2O5. The lowest BCUT2D eigenvalue weighted by atomic mass is 10.1. The zero-order chi connectivity index (χ0) is 21.8. The van der Waals surface area contributed by atoms with Crippen LogP contribution >= 0.6 is 15.9 Å². The Balaban J connectivity index is 1.94. The summed E-state index contributed by atoms with van der Waals surface area (Å²) in [6, 6.07) is 12.5. The predicted octanol–water partition coefficient (Wildman–Crippen LogP) is 3.86. The topological polar surface area (TPSA) is 76.2 Å². The summed E-state index contributed by atoms with van der Waals surface area (Å²) in [6.07, 6.45) is 1.44. The number of urea groups is 1. The Morgan fingerprint density at radius 1 is 0.967 bits per heavy atom. The highest BCUT2D eigenvalue weighted by molar-refractivity contribution is 9.10. The summed E-state index contributed by atoms with van der Waals surface area (Å²) in [7, 11) is 2.67. The lowest BCUT2D eigenvalue weighted by Gasteiger charge is -2.28. The first-order valence-corrected chi connectivity index (χ1v) is 10.1. The third-order valence-electron chi connectivity index (χ3n) is 4.51. The number of amides is 4. The molecule has 0 saturated carbocycles. The van der Waals surface area contributed by atoms with Crippen molar-refractivity contribution in [3.8, 4) is 11.5 Å². The maximum absolute atomic E-state index is 12.4. The summed E-state index contributed by atoms with van der Waals surface area (Å²) in [5.41, 5.74) is 1.46. The predicted molar refractivity (Wildman–Crippen MR) is 115 cm³/mol. The standard InChI is InChI=1S/C22H21BrN2O5/c1-4-29-18-12-15(10-16-20(26)24(2)22(28)25(3)21(16)27)11-17(23)19(18)30-13-14-8-6-5-7-9-14/h5-12H,4,13H2,1-3H3. The average Bonchev–Trinajstić information content (AvgIpc) is 2.74. The summed E-state index contributed by atoms with van der Waals surface area (Å²) in [4.78, 5) is 38.6. The van der Waals surface area contributed by atoms with Crippen LogP contribution in [-0.2, 0) is 16.2 Å². The molecule has 4 amide bonds. The SMILES string of the molecule is CCOc1cc(C=C2C(=O)N(C)C(=O)N(C)C2=O)cc(Br)c1OCc1ccccc1. The smallest absolute Gasteiger partial charge is 0.333 e. The monoisotopic (exact) mass is 472 g/mol. The molecule has 156 valence electrons. The molecule has 1 aliphatic heterocycles. The van der Waals surface area contributed by atoms with E-state index in [4.69, 9.17) is 9.47 Å². The van der Waals surface area contributed by atoms with E-state index >= 15 is 0 Å². The van der Waals surface area contributed by atoms with Crippen molar-refractivity contribution in [1.82, 2.24) is 9.80 Å². The van der Waals surface area contributed by atoms with Gasteiger partial charge in [0.2, 0.25) is 0 Å². The molecule has 1 heterocycles. The maximum atomic E-state index is 12.4. The van der Waals surface area contributed by atoms with Crippen LogP contribution in [0.2, 0.25) is 0 Å². The molecule has 3 rings (SSSR count). The fraction of sp³-hybridized carbons (Fsp3) is 0.227. The zero-order valence-corrected chi connectivity index (χ0v) is 18.4. The summed E-state index contributed by atoms with van der Waals surface area (Å²) in [5.74, 6) is -0.306. The van der Waals surface area contributed by atoms with Gasteiger partial charge in [0.25, 0.3) is 11.8 Å². The molecule has 0 atom stereocenters. The number of ether oxygens (including phenoxy) is 2. The van der Waals surface area contributed by atoms with Crippen molar-refractivity contribution in [3.05, 3.63) is 63.6 Å². The van der Waals surface area contributed by atoms with Crippen molar-refractivity contribution >= 4 is 39.9 Å². The minimum Gasteiger partial charge on any atom is -0.490 e. The van der Waals surface area contributed by atoms with Gasteiger partial charge in [-0.25, -0.2) is 4.79 Å². The van der Waals surface area contributed by atoms with Crippen LogP contribution < -0.4 is 9.47 Å². The number of imide groups is 2. The van der Waals surface area contributed by atoms with Crippen molar-refractivity contribution in [2.45, 2.75) is 13.5 Å². The van der Waals surface area contributed by atoms with E-state index in [1.807, 2.05) is 37.3 Å². The molecule has 0 bridgehead atoms. The Hall–Kier alpha value is -3.13. The van der Waals surface area contributed by atoms with Gasteiger partial charge in [-0.1, -0.05) is 30.3 Å². The van der Waals surface area contributed by atoms with Crippen LogP contribution in [0.15, 0.2) is 52.5 Å². The lowest BCUT2D eigenvalue weighted by molar-refractivity contribution is -0.134. The summed E-state index contributed by atoms with van der Waals surface area (Å²) < 4.78 is 12.3. The molecule has 7 nitrogen and oxygen atoms in total. The Morgan fingerprint density at radius 2 is 1.60 bits per heavy atom. The molecule has 8 heteroatoms. The van der Waals surface area contributed by atoms with Gasteiger partial charge in [0.05, 0.1) is 11.1 Å². The van der Waals surface area contributed by atoms with E-state index in [1.54, 1.807) is 12.1 Å².